The molecule has 2 N–H and O–H groups in total. The van der Waals surface area contributed by atoms with Gasteiger partial charge in [0.15, 0.2) is 0 Å². The monoisotopic (exact) mass is 291 g/mol. The third-order valence-corrected chi connectivity index (χ3v) is 6.11. The first-order valence-electron chi connectivity index (χ1n) is 5.84. The highest BCUT2D eigenvalue weighted by Crippen LogP contribution is 2.23. The number of hydrogen-bond donors (Lipinski definition) is 2. The Bertz CT molecular complexity index is 497. The second-order valence-electron chi connectivity index (χ2n) is 4.36. The highest BCUT2D eigenvalue weighted by molar-refractivity contribution is 7.91. The van der Waals surface area contributed by atoms with Gasteiger partial charge >= 0.3 is 0 Å². The fourth-order valence-corrected chi connectivity index (χ4v) is 4.27. The molecule has 1 fully saturated rings. The van der Waals surface area contributed by atoms with Crippen molar-refractivity contribution >= 4 is 21.4 Å². The molecule has 1 aromatic heterocycles. The Morgan fingerprint density at radius 3 is 2.89 bits per heavy atom. The molecule has 1 aliphatic rings. The van der Waals surface area contributed by atoms with E-state index in [1.807, 2.05) is 6.92 Å². The molecule has 1 aliphatic heterocycles. The normalized spacial score (nSPS) is 24.6. The molecule has 18 heavy (non-hydrogen) atoms. The summed E-state index contributed by atoms with van der Waals surface area (Å²) in [5.74, 6) is 0.233. The van der Waals surface area contributed by atoms with Gasteiger partial charge in [-0.25, -0.2) is 13.1 Å². The maximum absolute atomic E-state index is 12.0. The molecule has 0 bridgehead atoms. The van der Waals surface area contributed by atoms with E-state index in [2.05, 4.69) is 4.72 Å². The van der Waals surface area contributed by atoms with E-state index in [1.54, 1.807) is 6.07 Å². The van der Waals surface area contributed by atoms with Crippen molar-refractivity contribution in [1.29, 1.82) is 0 Å². The van der Waals surface area contributed by atoms with E-state index in [4.69, 9.17) is 9.84 Å². The Balaban J connectivity index is 1.98. The van der Waals surface area contributed by atoms with Crippen LogP contribution in [0, 0.1) is 5.92 Å². The lowest BCUT2D eigenvalue weighted by Gasteiger charge is -2.14. The molecule has 0 aromatic carbocycles. The van der Waals surface area contributed by atoms with Crippen molar-refractivity contribution in [3.63, 3.8) is 0 Å². The molecule has 0 spiro atoms. The molecule has 2 heterocycles. The van der Waals surface area contributed by atoms with Crippen molar-refractivity contribution in [1.82, 2.24) is 4.72 Å². The predicted molar refractivity (Wildman–Crippen MR) is 69.0 cm³/mol. The predicted octanol–water partition coefficient (Wildman–Crippen LogP) is 0.944. The number of sulfonamides is 1. The van der Waals surface area contributed by atoms with Gasteiger partial charge in [0.2, 0.25) is 10.0 Å². The van der Waals surface area contributed by atoms with Crippen LogP contribution in [0.1, 0.15) is 18.2 Å². The minimum absolute atomic E-state index is 0.101. The summed E-state index contributed by atoms with van der Waals surface area (Å²) in [4.78, 5) is 0.646. The number of aliphatic hydroxyl groups is 1. The van der Waals surface area contributed by atoms with E-state index in [0.717, 1.165) is 17.8 Å². The molecule has 0 radical (unpaired) electrons. The summed E-state index contributed by atoms with van der Waals surface area (Å²) in [5, 5.41) is 8.93. The van der Waals surface area contributed by atoms with Gasteiger partial charge in [-0.15, -0.1) is 11.3 Å². The molecular weight excluding hydrogens is 274 g/mol. The first-order valence-corrected chi connectivity index (χ1v) is 8.14. The average molecular weight is 291 g/mol. The minimum atomic E-state index is -3.46. The van der Waals surface area contributed by atoms with Crippen molar-refractivity contribution in [2.45, 2.75) is 30.3 Å². The highest BCUT2D eigenvalue weighted by atomic mass is 32.2. The van der Waals surface area contributed by atoms with Gasteiger partial charge in [-0.3, -0.25) is 0 Å². The maximum atomic E-state index is 12.0. The third kappa shape index (κ3) is 3.10. The zero-order valence-electron chi connectivity index (χ0n) is 10.1. The summed E-state index contributed by atoms with van der Waals surface area (Å²) < 4.78 is 32.3. The number of aliphatic hydroxyl groups excluding tert-OH is 1. The van der Waals surface area contributed by atoms with E-state index in [-0.39, 0.29) is 22.8 Å². The molecule has 0 saturated carbocycles. The second-order valence-corrected chi connectivity index (χ2v) is 7.52. The molecule has 7 heteroatoms. The maximum Gasteiger partial charge on any atom is 0.250 e. The van der Waals surface area contributed by atoms with Crippen LogP contribution in [-0.4, -0.2) is 32.8 Å². The number of rotatable bonds is 5. The first-order chi connectivity index (χ1) is 8.53. The lowest BCUT2D eigenvalue weighted by molar-refractivity contribution is 0.107. The van der Waals surface area contributed by atoms with Crippen LogP contribution in [0.15, 0.2) is 16.3 Å². The molecule has 2 unspecified atom stereocenters. The SMILES string of the molecule is CC1OCCC1CNS(=O)(=O)c1ccc(CO)s1. The molecule has 102 valence electrons. The Hall–Kier alpha value is -0.470. The van der Waals surface area contributed by atoms with Crippen LogP contribution in [0.3, 0.4) is 0 Å². The van der Waals surface area contributed by atoms with Crippen molar-refractivity contribution in [3.8, 4) is 0 Å². The molecule has 2 rings (SSSR count). The third-order valence-electron chi connectivity index (χ3n) is 3.13. The average Bonchev–Trinajstić information content (AvgIpc) is 2.95. The minimum Gasteiger partial charge on any atom is -0.391 e. The topological polar surface area (TPSA) is 75.6 Å². The second kappa shape index (κ2) is 5.66. The highest BCUT2D eigenvalue weighted by Gasteiger charge is 2.26. The van der Waals surface area contributed by atoms with E-state index >= 15 is 0 Å². The summed E-state index contributed by atoms with van der Waals surface area (Å²) in [7, 11) is -3.46. The van der Waals surface area contributed by atoms with Crippen molar-refractivity contribution < 1.29 is 18.3 Å². The molecule has 1 aromatic rings. The molecule has 0 amide bonds. The number of thiophene rings is 1. The number of ether oxygens (including phenoxy) is 1. The Morgan fingerprint density at radius 2 is 2.33 bits per heavy atom. The summed E-state index contributed by atoms with van der Waals surface area (Å²) in [6, 6.07) is 3.15. The zero-order chi connectivity index (χ0) is 13.2. The summed E-state index contributed by atoms with van der Waals surface area (Å²) in [6.07, 6.45) is 0.986. The molecule has 2 atom stereocenters. The van der Waals surface area contributed by atoms with Crippen LogP contribution in [0.2, 0.25) is 0 Å². The quantitative estimate of drug-likeness (QED) is 0.846. The lowest BCUT2D eigenvalue weighted by Crippen LogP contribution is -2.31. The smallest absolute Gasteiger partial charge is 0.250 e. The standard InChI is InChI=1S/C11H17NO4S2/c1-8-9(4-5-16-8)6-12-18(14,15)11-3-2-10(7-13)17-11/h2-3,8-9,12-13H,4-7H2,1H3. The van der Waals surface area contributed by atoms with Crippen molar-refractivity contribution in [2.24, 2.45) is 5.92 Å². The number of nitrogens with one attached hydrogen (secondary N) is 1. The van der Waals surface area contributed by atoms with Crippen molar-refractivity contribution in [2.75, 3.05) is 13.2 Å². The molecule has 1 saturated heterocycles. The first kappa shape index (κ1) is 14.0. The van der Waals surface area contributed by atoms with Crippen LogP contribution in [0.4, 0.5) is 0 Å². The van der Waals surface area contributed by atoms with E-state index in [9.17, 15) is 8.42 Å². The molecular formula is C11H17NO4S2. The molecule has 5 nitrogen and oxygen atoms in total. The van der Waals surface area contributed by atoms with Crippen LogP contribution < -0.4 is 4.72 Å². The van der Waals surface area contributed by atoms with Gasteiger partial charge < -0.3 is 9.84 Å². The van der Waals surface area contributed by atoms with Gasteiger partial charge in [-0.1, -0.05) is 0 Å². The van der Waals surface area contributed by atoms with E-state index in [1.165, 1.54) is 6.07 Å². The van der Waals surface area contributed by atoms with Crippen LogP contribution in [-0.2, 0) is 21.4 Å². The van der Waals surface area contributed by atoms with Crippen LogP contribution >= 0.6 is 11.3 Å². The fourth-order valence-electron chi connectivity index (χ4n) is 1.92. The van der Waals surface area contributed by atoms with E-state index in [0.29, 0.717) is 18.0 Å². The van der Waals surface area contributed by atoms with Gasteiger partial charge in [0.1, 0.15) is 4.21 Å². The van der Waals surface area contributed by atoms with Gasteiger partial charge in [-0.05, 0) is 25.5 Å². The lowest BCUT2D eigenvalue weighted by atomic mass is 10.0. The van der Waals surface area contributed by atoms with Gasteiger partial charge in [0.25, 0.3) is 0 Å². The summed E-state index contributed by atoms with van der Waals surface area (Å²) >= 11 is 1.09. The summed E-state index contributed by atoms with van der Waals surface area (Å²) in [6.45, 7) is 2.92. The van der Waals surface area contributed by atoms with E-state index < -0.39 is 10.0 Å². The van der Waals surface area contributed by atoms with Gasteiger partial charge in [0.05, 0.1) is 12.7 Å². The largest absolute Gasteiger partial charge is 0.391 e. The number of hydrogen-bond acceptors (Lipinski definition) is 5. The Morgan fingerprint density at radius 1 is 1.56 bits per heavy atom. The molecule has 0 aliphatic carbocycles. The summed E-state index contributed by atoms with van der Waals surface area (Å²) in [5.41, 5.74) is 0. The van der Waals surface area contributed by atoms with Gasteiger partial charge in [0, 0.05) is 23.9 Å². The zero-order valence-corrected chi connectivity index (χ0v) is 11.8. The van der Waals surface area contributed by atoms with Gasteiger partial charge in [-0.2, -0.15) is 0 Å². The van der Waals surface area contributed by atoms with Crippen molar-refractivity contribution in [3.05, 3.63) is 17.0 Å². The van der Waals surface area contributed by atoms with Crippen LogP contribution in [0.25, 0.3) is 0 Å². The Labute approximate surface area is 111 Å². The van der Waals surface area contributed by atoms with Crippen LogP contribution in [0.5, 0.6) is 0 Å². The Kier molecular flexibility index (Phi) is 4.39. The fraction of sp³-hybridized carbons (Fsp3) is 0.636.